The molecule has 1 aliphatic rings. The Morgan fingerprint density at radius 2 is 1.96 bits per heavy atom. The number of aromatic amines is 1. The van der Waals surface area contributed by atoms with Crippen molar-refractivity contribution in [3.8, 4) is 0 Å². The largest absolute Gasteiger partial charge is 0.353 e. The molecule has 154 valence electrons. The summed E-state index contributed by atoms with van der Waals surface area (Å²) in [5.74, 6) is 0.478. The van der Waals surface area contributed by atoms with Crippen LogP contribution in [0.2, 0.25) is 4.34 Å². The summed E-state index contributed by atoms with van der Waals surface area (Å²) in [6.07, 6.45) is 5.65. The number of thiophene rings is 1. The highest BCUT2D eigenvalue weighted by Gasteiger charge is 2.28. The molecule has 2 heterocycles. The first kappa shape index (κ1) is 21.2. The molecule has 0 saturated heterocycles. The van der Waals surface area contributed by atoms with E-state index in [1.807, 2.05) is 12.1 Å². The van der Waals surface area contributed by atoms with Gasteiger partial charge in [0, 0.05) is 18.0 Å². The zero-order valence-corrected chi connectivity index (χ0v) is 18.4. The van der Waals surface area contributed by atoms with Crippen molar-refractivity contribution < 1.29 is 9.59 Å². The van der Waals surface area contributed by atoms with Crippen molar-refractivity contribution in [1.29, 1.82) is 0 Å². The minimum absolute atomic E-state index is 0.0682. The summed E-state index contributed by atoms with van der Waals surface area (Å²) in [7, 11) is 0. The summed E-state index contributed by atoms with van der Waals surface area (Å²) in [6, 6.07) is 3.91. The molecule has 0 aromatic carbocycles. The van der Waals surface area contributed by atoms with Gasteiger partial charge in [-0.25, -0.2) is 0 Å². The van der Waals surface area contributed by atoms with Crippen LogP contribution in [0.3, 0.4) is 0 Å². The van der Waals surface area contributed by atoms with Gasteiger partial charge in [0.05, 0.1) is 14.6 Å². The lowest BCUT2D eigenvalue weighted by molar-refractivity contribution is -0.127. The van der Waals surface area contributed by atoms with E-state index in [4.69, 9.17) is 11.6 Å². The molecular formula is C21H30ClN3O2S. The number of carbonyl (C=O) groups is 2. The Bertz CT molecular complexity index is 797. The first-order valence-corrected chi connectivity index (χ1v) is 11.5. The number of amides is 2. The maximum absolute atomic E-state index is 12.7. The molecule has 1 fully saturated rings. The number of carbonyl (C=O) groups excluding carboxylic acids is 2. The van der Waals surface area contributed by atoms with Crippen LogP contribution >= 0.6 is 22.9 Å². The summed E-state index contributed by atoms with van der Waals surface area (Å²) in [5.41, 5.74) is 1.46. The van der Waals surface area contributed by atoms with Crippen molar-refractivity contribution in [2.75, 3.05) is 0 Å². The van der Waals surface area contributed by atoms with Gasteiger partial charge in [-0.2, -0.15) is 0 Å². The third-order valence-electron chi connectivity index (χ3n) is 5.62. The molecule has 2 aromatic heterocycles. The van der Waals surface area contributed by atoms with E-state index >= 15 is 0 Å². The topological polar surface area (TPSA) is 74.0 Å². The number of fused-ring (bicyclic) bond motifs is 1. The van der Waals surface area contributed by atoms with Crippen LogP contribution in [0.4, 0.5) is 0 Å². The van der Waals surface area contributed by atoms with Crippen LogP contribution in [0.25, 0.3) is 10.2 Å². The summed E-state index contributed by atoms with van der Waals surface area (Å²) < 4.78 is 1.70. The van der Waals surface area contributed by atoms with E-state index in [9.17, 15) is 9.59 Å². The molecule has 1 aliphatic carbocycles. The van der Waals surface area contributed by atoms with Gasteiger partial charge >= 0.3 is 0 Å². The standard InChI is InChI=1S/C21H30ClN3O2S/c1-4-6-15(12(2)3)20(26)23-13-7-5-8-14(9-13)24-21(27)17-10-18-16(25-17)11-19(22)28-18/h10-15,25H,4-9H2,1-3H3,(H,23,26)(H,24,27). The van der Waals surface area contributed by atoms with E-state index < -0.39 is 0 Å². The van der Waals surface area contributed by atoms with Gasteiger partial charge in [-0.15, -0.1) is 11.3 Å². The second-order valence-corrected chi connectivity index (χ2v) is 9.91. The Morgan fingerprint density at radius 3 is 2.61 bits per heavy atom. The number of hydrogen-bond acceptors (Lipinski definition) is 3. The Hall–Kier alpha value is -1.53. The second kappa shape index (κ2) is 9.31. The Kier molecular flexibility index (Phi) is 7.05. The maximum Gasteiger partial charge on any atom is 0.267 e. The van der Waals surface area contributed by atoms with Crippen LogP contribution in [0.5, 0.6) is 0 Å². The van der Waals surface area contributed by atoms with Gasteiger partial charge in [-0.05, 0) is 50.2 Å². The van der Waals surface area contributed by atoms with Crippen molar-refractivity contribution in [3.05, 3.63) is 22.2 Å². The number of rotatable bonds is 7. The van der Waals surface area contributed by atoms with Crippen LogP contribution in [-0.2, 0) is 4.79 Å². The maximum atomic E-state index is 12.7. The highest BCUT2D eigenvalue weighted by Crippen LogP contribution is 2.30. The van der Waals surface area contributed by atoms with Crippen molar-refractivity contribution in [1.82, 2.24) is 15.6 Å². The zero-order valence-electron chi connectivity index (χ0n) is 16.8. The van der Waals surface area contributed by atoms with E-state index in [1.165, 1.54) is 11.3 Å². The van der Waals surface area contributed by atoms with Crippen LogP contribution in [0.1, 0.15) is 69.8 Å². The average Bonchev–Trinajstić information content (AvgIpc) is 3.17. The predicted octanol–water partition coefficient (Wildman–Crippen LogP) is 5.11. The Balaban J connectivity index is 1.56. The lowest BCUT2D eigenvalue weighted by atomic mass is 9.87. The van der Waals surface area contributed by atoms with Gasteiger partial charge in [-0.3, -0.25) is 9.59 Å². The van der Waals surface area contributed by atoms with E-state index in [0.717, 1.165) is 48.7 Å². The van der Waals surface area contributed by atoms with E-state index in [0.29, 0.717) is 15.9 Å². The normalized spacial score (nSPS) is 21.0. The predicted molar refractivity (Wildman–Crippen MR) is 116 cm³/mol. The summed E-state index contributed by atoms with van der Waals surface area (Å²) in [5, 5.41) is 6.37. The molecule has 2 aromatic rings. The first-order chi connectivity index (χ1) is 13.4. The molecule has 3 unspecified atom stereocenters. The molecular weight excluding hydrogens is 394 g/mol. The van der Waals surface area contributed by atoms with Crippen LogP contribution < -0.4 is 10.6 Å². The second-order valence-electron chi connectivity index (χ2n) is 8.19. The Morgan fingerprint density at radius 1 is 1.25 bits per heavy atom. The molecule has 3 N–H and O–H groups in total. The fourth-order valence-electron chi connectivity index (χ4n) is 4.12. The summed E-state index contributed by atoms with van der Waals surface area (Å²) in [6.45, 7) is 6.34. The lowest BCUT2D eigenvalue weighted by Crippen LogP contribution is -2.47. The van der Waals surface area contributed by atoms with Gasteiger partial charge in [0.1, 0.15) is 5.69 Å². The van der Waals surface area contributed by atoms with E-state index in [2.05, 4.69) is 36.4 Å². The molecule has 28 heavy (non-hydrogen) atoms. The molecule has 3 rings (SSSR count). The van der Waals surface area contributed by atoms with Crippen LogP contribution in [-0.4, -0.2) is 28.9 Å². The van der Waals surface area contributed by atoms with Crippen LogP contribution in [0, 0.1) is 11.8 Å². The van der Waals surface area contributed by atoms with Gasteiger partial charge in [0.25, 0.3) is 5.91 Å². The number of H-pyrrole nitrogens is 1. The monoisotopic (exact) mass is 423 g/mol. The van der Waals surface area contributed by atoms with Crippen molar-refractivity contribution in [3.63, 3.8) is 0 Å². The fourth-order valence-corrected chi connectivity index (χ4v) is 5.26. The van der Waals surface area contributed by atoms with Crippen molar-refractivity contribution >= 4 is 45.0 Å². The number of halogens is 1. The molecule has 0 bridgehead atoms. The first-order valence-electron chi connectivity index (χ1n) is 10.3. The quantitative estimate of drug-likeness (QED) is 0.578. The molecule has 5 nitrogen and oxygen atoms in total. The highest BCUT2D eigenvalue weighted by molar-refractivity contribution is 7.22. The highest BCUT2D eigenvalue weighted by atomic mass is 35.5. The smallest absolute Gasteiger partial charge is 0.267 e. The van der Waals surface area contributed by atoms with Gasteiger partial charge < -0.3 is 15.6 Å². The van der Waals surface area contributed by atoms with Gasteiger partial charge in [-0.1, -0.05) is 38.8 Å². The molecule has 7 heteroatoms. The van der Waals surface area contributed by atoms with Crippen molar-refractivity contribution in [2.45, 2.75) is 71.4 Å². The SMILES string of the molecule is CCCC(C(=O)NC1CCCC(NC(=O)c2cc3sc(Cl)cc3[nH]2)C1)C(C)C. The molecule has 1 saturated carbocycles. The van der Waals surface area contributed by atoms with Crippen molar-refractivity contribution in [2.24, 2.45) is 11.8 Å². The minimum Gasteiger partial charge on any atom is -0.353 e. The molecule has 0 aliphatic heterocycles. The van der Waals surface area contributed by atoms with Gasteiger partial charge in [0.15, 0.2) is 0 Å². The molecule has 2 amide bonds. The summed E-state index contributed by atoms with van der Waals surface area (Å²) >= 11 is 7.45. The molecule has 0 spiro atoms. The third-order valence-corrected chi connectivity index (χ3v) is 6.83. The van der Waals surface area contributed by atoms with Crippen LogP contribution in [0.15, 0.2) is 12.1 Å². The summed E-state index contributed by atoms with van der Waals surface area (Å²) in [4.78, 5) is 28.4. The lowest BCUT2D eigenvalue weighted by Gasteiger charge is -2.32. The molecule has 0 radical (unpaired) electrons. The zero-order chi connectivity index (χ0) is 20.3. The van der Waals surface area contributed by atoms with Gasteiger partial charge in [0.2, 0.25) is 5.91 Å². The third kappa shape index (κ3) is 5.09. The van der Waals surface area contributed by atoms with E-state index in [-0.39, 0.29) is 29.8 Å². The number of aromatic nitrogens is 1. The fraction of sp³-hybridized carbons (Fsp3) is 0.619. The Labute approximate surface area is 175 Å². The number of hydrogen-bond donors (Lipinski definition) is 3. The van der Waals surface area contributed by atoms with E-state index in [1.54, 1.807) is 0 Å². The minimum atomic E-state index is -0.0949. The average molecular weight is 424 g/mol. The molecule has 3 atom stereocenters. The number of nitrogens with one attached hydrogen (secondary N) is 3.